The molecule has 3 nitrogen and oxygen atoms in total. The predicted molar refractivity (Wildman–Crippen MR) is 64.7 cm³/mol. The Labute approximate surface area is 94.5 Å². The molecule has 0 rings (SSSR count). The highest BCUT2D eigenvalue weighted by Gasteiger charge is 2.22. The fourth-order valence-corrected chi connectivity index (χ4v) is 1.70. The summed E-state index contributed by atoms with van der Waals surface area (Å²) in [5.74, 6) is 0. The van der Waals surface area contributed by atoms with Gasteiger partial charge in [-0.25, -0.2) is 0 Å². The van der Waals surface area contributed by atoms with Crippen molar-refractivity contribution in [3.8, 4) is 6.07 Å². The highest BCUT2D eigenvalue weighted by atomic mass is 15.1. The molecule has 0 heterocycles. The van der Waals surface area contributed by atoms with Crippen LogP contribution in [0, 0.1) is 11.3 Å². The van der Waals surface area contributed by atoms with E-state index in [0.29, 0.717) is 0 Å². The third-order valence-electron chi connectivity index (χ3n) is 2.73. The van der Waals surface area contributed by atoms with Crippen molar-refractivity contribution in [2.24, 2.45) is 0 Å². The second-order valence-corrected chi connectivity index (χ2v) is 4.16. The molecule has 0 aromatic heterocycles. The highest BCUT2D eigenvalue weighted by molar-refractivity contribution is 5.03. The van der Waals surface area contributed by atoms with Gasteiger partial charge < -0.3 is 4.90 Å². The van der Waals surface area contributed by atoms with E-state index in [-0.39, 0.29) is 5.54 Å². The van der Waals surface area contributed by atoms with Gasteiger partial charge in [0.2, 0.25) is 0 Å². The van der Waals surface area contributed by atoms with E-state index in [4.69, 9.17) is 5.26 Å². The molecule has 1 atom stereocenters. The Morgan fingerprint density at radius 1 is 1.27 bits per heavy atom. The maximum atomic E-state index is 9.10. The van der Waals surface area contributed by atoms with Gasteiger partial charge in [-0.05, 0) is 39.4 Å². The van der Waals surface area contributed by atoms with Crippen LogP contribution in [0.15, 0.2) is 0 Å². The molecule has 0 aliphatic rings. The average Bonchev–Trinajstić information content (AvgIpc) is 2.24. The maximum Gasteiger partial charge on any atom is 0.105 e. The average molecular weight is 211 g/mol. The minimum absolute atomic E-state index is 0.365. The van der Waals surface area contributed by atoms with Gasteiger partial charge in [0.25, 0.3) is 0 Å². The molecule has 0 radical (unpaired) electrons. The smallest absolute Gasteiger partial charge is 0.105 e. The van der Waals surface area contributed by atoms with Crippen molar-refractivity contribution in [2.75, 3.05) is 26.2 Å². The number of hydrogen-bond acceptors (Lipinski definition) is 3. The fraction of sp³-hybridized carbons (Fsp3) is 0.917. The van der Waals surface area contributed by atoms with Gasteiger partial charge in [0.15, 0.2) is 0 Å². The zero-order chi connectivity index (χ0) is 11.7. The normalized spacial score (nSPS) is 14.9. The molecule has 0 amide bonds. The third-order valence-corrected chi connectivity index (χ3v) is 2.73. The van der Waals surface area contributed by atoms with Crippen LogP contribution in [-0.2, 0) is 0 Å². The lowest BCUT2D eigenvalue weighted by atomic mass is 9.99. The Morgan fingerprint density at radius 2 is 1.93 bits per heavy atom. The molecule has 0 aromatic carbocycles. The maximum absolute atomic E-state index is 9.10. The van der Waals surface area contributed by atoms with Crippen LogP contribution < -0.4 is 5.32 Å². The summed E-state index contributed by atoms with van der Waals surface area (Å²) in [5.41, 5.74) is -0.365. The summed E-state index contributed by atoms with van der Waals surface area (Å²) in [5, 5.41) is 12.3. The minimum atomic E-state index is -0.365. The van der Waals surface area contributed by atoms with Crippen LogP contribution in [0.3, 0.4) is 0 Å². The summed E-state index contributed by atoms with van der Waals surface area (Å²) in [7, 11) is 0. The first-order valence-electron chi connectivity index (χ1n) is 6.00. The topological polar surface area (TPSA) is 39.1 Å². The van der Waals surface area contributed by atoms with E-state index in [1.807, 2.05) is 13.8 Å². The molecular weight excluding hydrogens is 186 g/mol. The molecule has 0 fully saturated rings. The van der Waals surface area contributed by atoms with Crippen molar-refractivity contribution >= 4 is 0 Å². The largest absolute Gasteiger partial charge is 0.304 e. The molecule has 0 aromatic rings. The zero-order valence-corrected chi connectivity index (χ0v) is 10.6. The van der Waals surface area contributed by atoms with Crippen LogP contribution in [0.25, 0.3) is 0 Å². The molecule has 15 heavy (non-hydrogen) atoms. The zero-order valence-electron chi connectivity index (χ0n) is 10.6. The number of nitrogens with zero attached hydrogens (tertiary/aromatic N) is 2. The van der Waals surface area contributed by atoms with Gasteiger partial charge in [-0.1, -0.05) is 20.8 Å². The van der Waals surface area contributed by atoms with Crippen molar-refractivity contribution in [1.29, 1.82) is 5.26 Å². The molecule has 1 N–H and O–H groups in total. The lowest BCUT2D eigenvalue weighted by Gasteiger charge is -2.27. The summed E-state index contributed by atoms with van der Waals surface area (Å²) >= 11 is 0. The van der Waals surface area contributed by atoms with Gasteiger partial charge in [-0.2, -0.15) is 5.26 Å². The summed E-state index contributed by atoms with van der Waals surface area (Å²) in [6, 6.07) is 2.36. The predicted octanol–water partition coefficient (Wildman–Crippen LogP) is 2.00. The molecule has 3 heteroatoms. The summed E-state index contributed by atoms with van der Waals surface area (Å²) in [6.45, 7) is 12.4. The molecule has 88 valence electrons. The van der Waals surface area contributed by atoms with Crippen LogP contribution in [0.1, 0.15) is 40.5 Å². The van der Waals surface area contributed by atoms with E-state index in [1.165, 1.54) is 6.42 Å². The van der Waals surface area contributed by atoms with Crippen LogP contribution in [-0.4, -0.2) is 36.6 Å². The van der Waals surface area contributed by atoms with Gasteiger partial charge in [0.05, 0.1) is 6.07 Å². The van der Waals surface area contributed by atoms with Gasteiger partial charge >= 0.3 is 0 Å². The summed E-state index contributed by atoms with van der Waals surface area (Å²) in [6.07, 6.45) is 2.07. The highest BCUT2D eigenvalue weighted by Crippen LogP contribution is 2.09. The Hall–Kier alpha value is -0.590. The molecule has 1 unspecified atom stereocenters. The van der Waals surface area contributed by atoms with Crippen molar-refractivity contribution in [3.05, 3.63) is 0 Å². The molecular formula is C12H25N3. The monoisotopic (exact) mass is 211 g/mol. The Morgan fingerprint density at radius 3 is 2.33 bits per heavy atom. The SMILES string of the molecule is CCCN(CC)CCC(C)(C#N)NCC. The van der Waals surface area contributed by atoms with Crippen LogP contribution in [0.4, 0.5) is 0 Å². The summed E-state index contributed by atoms with van der Waals surface area (Å²) < 4.78 is 0. The number of nitriles is 1. The van der Waals surface area contributed by atoms with Crippen molar-refractivity contribution in [1.82, 2.24) is 10.2 Å². The second kappa shape index (κ2) is 7.67. The Balaban J connectivity index is 4.03. The quantitative estimate of drug-likeness (QED) is 0.667. The lowest BCUT2D eigenvalue weighted by Crippen LogP contribution is -2.43. The van der Waals surface area contributed by atoms with Gasteiger partial charge in [0.1, 0.15) is 5.54 Å². The standard InChI is InChI=1S/C12H25N3/c1-5-9-15(7-3)10-8-12(4,11-13)14-6-2/h14H,5-10H2,1-4H3. The van der Waals surface area contributed by atoms with Crippen LogP contribution >= 0.6 is 0 Å². The first kappa shape index (κ1) is 14.4. The molecule has 0 aliphatic carbocycles. The molecule has 0 bridgehead atoms. The van der Waals surface area contributed by atoms with E-state index in [0.717, 1.165) is 32.6 Å². The minimum Gasteiger partial charge on any atom is -0.304 e. The van der Waals surface area contributed by atoms with Crippen molar-refractivity contribution in [3.63, 3.8) is 0 Å². The molecule has 0 saturated heterocycles. The van der Waals surface area contributed by atoms with Gasteiger partial charge in [-0.15, -0.1) is 0 Å². The van der Waals surface area contributed by atoms with Gasteiger partial charge in [0, 0.05) is 6.54 Å². The fourth-order valence-electron chi connectivity index (χ4n) is 1.70. The van der Waals surface area contributed by atoms with E-state index in [2.05, 4.69) is 30.1 Å². The van der Waals surface area contributed by atoms with E-state index >= 15 is 0 Å². The number of nitrogens with one attached hydrogen (secondary N) is 1. The Kier molecular flexibility index (Phi) is 7.37. The molecule has 0 spiro atoms. The molecule has 0 saturated carbocycles. The first-order chi connectivity index (χ1) is 7.11. The van der Waals surface area contributed by atoms with Crippen LogP contribution in [0.5, 0.6) is 0 Å². The van der Waals surface area contributed by atoms with E-state index < -0.39 is 0 Å². The second-order valence-electron chi connectivity index (χ2n) is 4.16. The molecule has 0 aliphatic heterocycles. The lowest BCUT2D eigenvalue weighted by molar-refractivity contribution is 0.257. The third kappa shape index (κ3) is 5.76. The number of rotatable bonds is 8. The first-order valence-corrected chi connectivity index (χ1v) is 6.00. The number of hydrogen-bond donors (Lipinski definition) is 1. The van der Waals surface area contributed by atoms with Crippen LogP contribution in [0.2, 0.25) is 0 Å². The summed E-state index contributed by atoms with van der Waals surface area (Å²) in [4.78, 5) is 2.40. The van der Waals surface area contributed by atoms with Crippen molar-refractivity contribution < 1.29 is 0 Å². The van der Waals surface area contributed by atoms with E-state index in [1.54, 1.807) is 0 Å². The van der Waals surface area contributed by atoms with E-state index in [9.17, 15) is 0 Å². The Bertz CT molecular complexity index is 198. The van der Waals surface area contributed by atoms with Gasteiger partial charge in [-0.3, -0.25) is 5.32 Å². The van der Waals surface area contributed by atoms with Crippen molar-refractivity contribution in [2.45, 2.75) is 46.1 Å².